The van der Waals surface area contributed by atoms with Crippen LogP contribution in [-0.2, 0) is 15.6 Å². The van der Waals surface area contributed by atoms with Crippen LogP contribution in [-0.4, -0.2) is 21.0 Å². The molecule has 0 radical (unpaired) electrons. The Morgan fingerprint density at radius 1 is 1.24 bits per heavy atom. The molecule has 17 heavy (non-hydrogen) atoms. The molecule has 0 amide bonds. The van der Waals surface area contributed by atoms with Crippen molar-refractivity contribution in [3.05, 3.63) is 28.7 Å². The van der Waals surface area contributed by atoms with Crippen molar-refractivity contribution in [2.75, 3.05) is 5.75 Å². The van der Waals surface area contributed by atoms with Gasteiger partial charge in [0.1, 0.15) is 0 Å². The van der Waals surface area contributed by atoms with E-state index in [0.29, 0.717) is 12.2 Å². The summed E-state index contributed by atoms with van der Waals surface area (Å²) < 4.78 is 12.8. The van der Waals surface area contributed by atoms with Crippen LogP contribution < -0.4 is 0 Å². The average Bonchev–Trinajstić information content (AvgIpc) is 2.28. The Kier molecular flexibility index (Phi) is 6.44. The highest BCUT2D eigenvalue weighted by atomic mass is 79.9. The third kappa shape index (κ3) is 5.46. The molecule has 1 aromatic rings. The van der Waals surface area contributed by atoms with Crippen molar-refractivity contribution >= 4 is 32.7 Å². The molecule has 1 N–H and O–H groups in total. The van der Waals surface area contributed by atoms with E-state index in [4.69, 9.17) is 5.11 Å². The number of carboxylic acids is 1. The molecule has 0 bridgehead atoms. The van der Waals surface area contributed by atoms with Crippen LogP contribution >= 0.6 is 15.9 Å². The summed E-state index contributed by atoms with van der Waals surface area (Å²) in [5, 5.41) is 8.47. The summed E-state index contributed by atoms with van der Waals surface area (Å²) in [6.45, 7) is 0. The lowest BCUT2D eigenvalue weighted by Gasteiger charge is -2.04. The summed E-state index contributed by atoms with van der Waals surface area (Å²) in [4.78, 5) is 11.1. The van der Waals surface area contributed by atoms with Crippen molar-refractivity contribution in [3.8, 4) is 0 Å². The van der Waals surface area contributed by atoms with Crippen molar-refractivity contribution in [1.29, 1.82) is 0 Å². The highest BCUT2D eigenvalue weighted by molar-refractivity contribution is 9.10. The normalized spacial score (nSPS) is 12.3. The van der Waals surface area contributed by atoms with Crippen molar-refractivity contribution in [1.82, 2.24) is 0 Å². The van der Waals surface area contributed by atoms with E-state index in [2.05, 4.69) is 15.9 Å². The fourth-order valence-corrected chi connectivity index (χ4v) is 3.45. The fraction of sp³-hybridized carbons (Fsp3) is 0.417. The maximum atomic E-state index is 11.9. The minimum atomic E-state index is -1.00. The molecular weight excluding hydrogens is 304 g/mol. The molecule has 0 aliphatic rings. The number of rotatable bonds is 7. The number of hydrogen-bond acceptors (Lipinski definition) is 2. The van der Waals surface area contributed by atoms with Crippen molar-refractivity contribution in [2.24, 2.45) is 0 Å². The first-order valence-corrected chi connectivity index (χ1v) is 7.57. The predicted molar refractivity (Wildman–Crippen MR) is 71.5 cm³/mol. The summed E-state index contributed by atoms with van der Waals surface area (Å²) in [6.07, 6.45) is 2.45. The Balaban J connectivity index is 2.31. The Bertz CT molecular complexity index is 406. The van der Waals surface area contributed by atoms with E-state index >= 15 is 0 Å². The minimum absolute atomic E-state index is 0.196. The zero-order valence-electron chi connectivity index (χ0n) is 9.39. The molecule has 0 aromatic heterocycles. The smallest absolute Gasteiger partial charge is 0.303 e. The van der Waals surface area contributed by atoms with Gasteiger partial charge in [0, 0.05) is 16.6 Å². The third-order valence-electron chi connectivity index (χ3n) is 2.30. The van der Waals surface area contributed by atoms with E-state index in [1.807, 2.05) is 24.3 Å². The lowest BCUT2D eigenvalue weighted by molar-refractivity contribution is -0.137. The van der Waals surface area contributed by atoms with Crippen molar-refractivity contribution in [2.45, 2.75) is 30.6 Å². The molecule has 0 heterocycles. The van der Waals surface area contributed by atoms with Crippen LogP contribution in [0.3, 0.4) is 0 Å². The number of benzene rings is 1. The van der Waals surface area contributed by atoms with Gasteiger partial charge in [-0.2, -0.15) is 0 Å². The van der Waals surface area contributed by atoms with E-state index in [9.17, 15) is 9.00 Å². The zero-order valence-corrected chi connectivity index (χ0v) is 11.8. The Labute approximate surface area is 112 Å². The summed E-state index contributed by atoms with van der Waals surface area (Å²) in [6, 6.07) is 7.47. The molecule has 1 atom stereocenters. The van der Waals surface area contributed by atoms with Gasteiger partial charge in [-0.15, -0.1) is 0 Å². The Morgan fingerprint density at radius 3 is 2.59 bits per heavy atom. The number of hydrogen-bond donors (Lipinski definition) is 1. The number of carboxylic acid groups (broad SMARTS) is 1. The quantitative estimate of drug-likeness (QED) is 0.785. The monoisotopic (exact) mass is 318 g/mol. The van der Waals surface area contributed by atoms with Gasteiger partial charge in [-0.1, -0.05) is 18.6 Å². The van der Waals surface area contributed by atoms with E-state index in [1.165, 1.54) is 0 Å². The van der Waals surface area contributed by atoms with Gasteiger partial charge in [0.25, 0.3) is 0 Å². The molecular formula is C12H15BrO3S. The van der Waals surface area contributed by atoms with Gasteiger partial charge < -0.3 is 5.11 Å². The van der Waals surface area contributed by atoms with Crippen LogP contribution in [0.5, 0.6) is 0 Å². The van der Waals surface area contributed by atoms with Crippen LogP contribution in [0.15, 0.2) is 33.6 Å². The van der Waals surface area contributed by atoms with Gasteiger partial charge in [0.15, 0.2) is 0 Å². The maximum Gasteiger partial charge on any atom is 0.303 e. The molecule has 1 rings (SSSR count). The molecule has 0 aliphatic heterocycles. The Morgan fingerprint density at radius 2 is 1.94 bits per heavy atom. The lowest BCUT2D eigenvalue weighted by Crippen LogP contribution is -2.00. The van der Waals surface area contributed by atoms with Gasteiger partial charge in [0.2, 0.25) is 0 Å². The molecule has 0 saturated carbocycles. The summed E-state index contributed by atoms with van der Waals surface area (Å²) in [5.74, 6) is -0.181. The molecule has 94 valence electrons. The fourth-order valence-electron chi connectivity index (χ4n) is 1.43. The van der Waals surface area contributed by atoms with E-state index in [0.717, 1.165) is 22.2 Å². The van der Waals surface area contributed by atoms with Crippen LogP contribution in [0.25, 0.3) is 0 Å². The van der Waals surface area contributed by atoms with Gasteiger partial charge in [-0.05, 0) is 40.9 Å². The number of aliphatic carboxylic acids is 1. The van der Waals surface area contributed by atoms with Crippen molar-refractivity contribution in [3.63, 3.8) is 0 Å². The predicted octanol–water partition coefficient (Wildman–Crippen LogP) is 3.20. The summed E-state index contributed by atoms with van der Waals surface area (Å²) in [5.41, 5.74) is 0. The topological polar surface area (TPSA) is 54.4 Å². The molecule has 5 heteroatoms. The van der Waals surface area contributed by atoms with Gasteiger partial charge in [0.05, 0.1) is 15.7 Å². The molecule has 0 spiro atoms. The first kappa shape index (κ1) is 14.4. The second-order valence-corrected chi connectivity index (χ2v) is 6.08. The van der Waals surface area contributed by atoms with E-state index < -0.39 is 16.8 Å². The van der Waals surface area contributed by atoms with E-state index in [1.54, 1.807) is 0 Å². The second kappa shape index (κ2) is 7.61. The molecule has 1 aromatic carbocycles. The molecule has 1 unspecified atom stereocenters. The van der Waals surface area contributed by atoms with Crippen LogP contribution in [0.1, 0.15) is 25.7 Å². The maximum absolute atomic E-state index is 11.9. The second-order valence-electron chi connectivity index (χ2n) is 3.68. The highest BCUT2D eigenvalue weighted by Gasteiger charge is 2.07. The lowest BCUT2D eigenvalue weighted by atomic mass is 10.2. The van der Waals surface area contributed by atoms with Gasteiger partial charge in [-0.3, -0.25) is 9.00 Å². The zero-order chi connectivity index (χ0) is 12.7. The van der Waals surface area contributed by atoms with E-state index in [-0.39, 0.29) is 6.42 Å². The SMILES string of the molecule is O=C(O)CCCCCS(=O)c1ccccc1Br. The molecule has 0 fully saturated rings. The van der Waals surface area contributed by atoms with Gasteiger partial charge >= 0.3 is 5.97 Å². The number of halogens is 1. The summed E-state index contributed by atoms with van der Waals surface area (Å²) in [7, 11) is -1.00. The standard InChI is InChI=1S/C12H15BrO3S/c13-10-6-3-4-7-11(10)17(16)9-5-1-2-8-12(14)15/h3-4,6-7H,1-2,5,8-9H2,(H,14,15). The summed E-state index contributed by atoms with van der Waals surface area (Å²) >= 11 is 3.37. The highest BCUT2D eigenvalue weighted by Crippen LogP contribution is 2.20. The largest absolute Gasteiger partial charge is 0.481 e. The molecule has 0 aliphatic carbocycles. The van der Waals surface area contributed by atoms with Gasteiger partial charge in [-0.25, -0.2) is 0 Å². The number of carbonyl (C=O) groups is 1. The minimum Gasteiger partial charge on any atom is -0.481 e. The average molecular weight is 319 g/mol. The Hall–Kier alpha value is -0.680. The van der Waals surface area contributed by atoms with Crippen LogP contribution in [0.2, 0.25) is 0 Å². The first-order chi connectivity index (χ1) is 8.11. The molecule has 3 nitrogen and oxygen atoms in total. The van der Waals surface area contributed by atoms with Crippen LogP contribution in [0.4, 0.5) is 0 Å². The number of unbranched alkanes of at least 4 members (excludes halogenated alkanes) is 2. The third-order valence-corrected chi connectivity index (χ3v) is 4.76. The van der Waals surface area contributed by atoms with Crippen LogP contribution in [0, 0.1) is 0 Å². The molecule has 0 saturated heterocycles. The first-order valence-electron chi connectivity index (χ1n) is 5.46. The van der Waals surface area contributed by atoms with Crippen molar-refractivity contribution < 1.29 is 14.1 Å².